The van der Waals surface area contributed by atoms with E-state index in [-0.39, 0.29) is 29.2 Å². The molecule has 1 fully saturated rings. The average Bonchev–Trinajstić information content (AvgIpc) is 2.61. The highest BCUT2D eigenvalue weighted by Crippen LogP contribution is 2.16. The summed E-state index contributed by atoms with van der Waals surface area (Å²) < 4.78 is 26.4. The number of nitrogens with one attached hydrogen (secondary N) is 1. The lowest BCUT2D eigenvalue weighted by molar-refractivity contribution is -0.134. The summed E-state index contributed by atoms with van der Waals surface area (Å²) in [5.74, 6) is -0.0430. The van der Waals surface area contributed by atoms with Crippen LogP contribution in [0.5, 0.6) is 0 Å². The van der Waals surface area contributed by atoms with Gasteiger partial charge in [-0.3, -0.25) is 9.59 Å². The zero-order valence-electron chi connectivity index (χ0n) is 15.6. The summed E-state index contributed by atoms with van der Waals surface area (Å²) in [4.78, 5) is 25.6. The van der Waals surface area contributed by atoms with Gasteiger partial charge in [0.25, 0.3) is 0 Å². The Bertz CT molecular complexity index is 746. The van der Waals surface area contributed by atoms with Gasteiger partial charge in [0.05, 0.1) is 4.90 Å². The maximum atomic E-state index is 12.6. The maximum Gasteiger partial charge on any atom is 0.242 e. The number of sulfonamides is 1. The van der Waals surface area contributed by atoms with E-state index in [0.29, 0.717) is 24.9 Å². The number of carbonyl (C=O) groups is 2. The van der Waals surface area contributed by atoms with E-state index in [1.165, 1.54) is 42.5 Å². The number of benzene rings is 1. The molecule has 1 N–H and O–H groups in total. The van der Waals surface area contributed by atoms with Gasteiger partial charge in [-0.25, -0.2) is 12.7 Å². The van der Waals surface area contributed by atoms with Crippen LogP contribution in [0.2, 0.25) is 0 Å². The van der Waals surface area contributed by atoms with Crippen LogP contribution in [0.4, 0.5) is 0 Å². The Hall–Kier alpha value is -1.77. The molecule has 0 aromatic heterocycles. The van der Waals surface area contributed by atoms with Crippen molar-refractivity contribution in [1.29, 1.82) is 0 Å². The van der Waals surface area contributed by atoms with Crippen molar-refractivity contribution >= 4 is 21.7 Å². The van der Waals surface area contributed by atoms with Crippen LogP contribution >= 0.6 is 0 Å². The lowest BCUT2D eigenvalue weighted by Crippen LogP contribution is -2.52. The number of nitrogens with zero attached hydrogens (tertiary/aromatic N) is 2. The number of carbonyl (C=O) groups excluding carboxylic acids is 2. The number of amides is 1. The molecule has 0 aliphatic carbocycles. The Balaban J connectivity index is 1.90. The third-order valence-electron chi connectivity index (χ3n) is 4.65. The lowest BCUT2D eigenvalue weighted by Gasteiger charge is -2.34. The smallest absolute Gasteiger partial charge is 0.242 e. The van der Waals surface area contributed by atoms with E-state index in [2.05, 4.69) is 5.32 Å². The summed E-state index contributed by atoms with van der Waals surface area (Å²) in [5.41, 5.74) is 0.474. The molecule has 0 bridgehead atoms. The van der Waals surface area contributed by atoms with Crippen molar-refractivity contribution in [2.24, 2.45) is 0 Å². The second kappa shape index (κ2) is 8.75. The van der Waals surface area contributed by atoms with Gasteiger partial charge in [-0.2, -0.15) is 0 Å². The molecule has 1 aliphatic rings. The van der Waals surface area contributed by atoms with Gasteiger partial charge in [0.2, 0.25) is 15.9 Å². The molecule has 1 amide bonds. The molecule has 1 atom stereocenters. The summed E-state index contributed by atoms with van der Waals surface area (Å²) >= 11 is 0. The molecule has 0 spiro atoms. The Morgan fingerprint density at radius 2 is 1.92 bits per heavy atom. The molecule has 1 saturated heterocycles. The number of hydrogen-bond donors (Lipinski definition) is 1. The van der Waals surface area contributed by atoms with Crippen LogP contribution in [0.25, 0.3) is 0 Å². The lowest BCUT2D eigenvalue weighted by atomic mass is 10.2. The standard InChI is InChI=1S/C18H27N3O4S/c1-14-13-19-10-12-21(14)18(23)5-4-11-20(3)26(24,25)17-8-6-16(7-9-17)15(2)22/h6-9,14,19H,4-5,10-13H2,1-3H3. The fraction of sp³-hybridized carbons (Fsp3) is 0.556. The summed E-state index contributed by atoms with van der Waals surface area (Å²) in [6.45, 7) is 5.98. The fourth-order valence-corrected chi connectivity index (χ4v) is 4.18. The highest BCUT2D eigenvalue weighted by Gasteiger charge is 2.24. The predicted molar refractivity (Wildman–Crippen MR) is 99.5 cm³/mol. The highest BCUT2D eigenvalue weighted by molar-refractivity contribution is 7.89. The van der Waals surface area contributed by atoms with E-state index in [1.54, 1.807) is 0 Å². The summed E-state index contributed by atoms with van der Waals surface area (Å²) in [6.07, 6.45) is 0.796. The minimum atomic E-state index is -3.63. The number of Topliss-reactive ketones (excluding diaryl/α,β-unsaturated/α-hetero) is 1. The van der Waals surface area contributed by atoms with Gasteiger partial charge in [-0.05, 0) is 32.4 Å². The molecule has 7 nitrogen and oxygen atoms in total. The number of piperazine rings is 1. The van der Waals surface area contributed by atoms with E-state index in [4.69, 9.17) is 0 Å². The van der Waals surface area contributed by atoms with Crippen molar-refractivity contribution in [3.8, 4) is 0 Å². The Morgan fingerprint density at radius 3 is 2.50 bits per heavy atom. The van der Waals surface area contributed by atoms with Crippen molar-refractivity contribution in [2.45, 2.75) is 37.6 Å². The molecule has 1 aliphatic heterocycles. The largest absolute Gasteiger partial charge is 0.337 e. The van der Waals surface area contributed by atoms with E-state index < -0.39 is 10.0 Å². The van der Waals surface area contributed by atoms with Crippen LogP contribution in [-0.4, -0.2) is 68.6 Å². The van der Waals surface area contributed by atoms with Crippen molar-refractivity contribution < 1.29 is 18.0 Å². The fourth-order valence-electron chi connectivity index (χ4n) is 2.97. The number of hydrogen-bond acceptors (Lipinski definition) is 5. The molecule has 0 saturated carbocycles. The van der Waals surface area contributed by atoms with Crippen molar-refractivity contribution in [2.75, 3.05) is 33.2 Å². The van der Waals surface area contributed by atoms with Gasteiger partial charge in [0, 0.05) is 51.3 Å². The van der Waals surface area contributed by atoms with Gasteiger partial charge in [0.15, 0.2) is 5.78 Å². The van der Waals surface area contributed by atoms with E-state index in [0.717, 1.165) is 13.1 Å². The number of ketones is 1. The SMILES string of the molecule is CC(=O)c1ccc(S(=O)(=O)N(C)CCCC(=O)N2CCNCC2C)cc1. The first kappa shape index (κ1) is 20.5. The Morgan fingerprint density at radius 1 is 1.27 bits per heavy atom. The molecule has 8 heteroatoms. The average molecular weight is 381 g/mol. The topological polar surface area (TPSA) is 86.8 Å². The first-order valence-electron chi connectivity index (χ1n) is 8.81. The van der Waals surface area contributed by atoms with E-state index in [9.17, 15) is 18.0 Å². The van der Waals surface area contributed by atoms with Gasteiger partial charge in [-0.1, -0.05) is 12.1 Å². The van der Waals surface area contributed by atoms with E-state index >= 15 is 0 Å². The minimum absolute atomic E-state index is 0.0654. The van der Waals surface area contributed by atoms with Crippen molar-refractivity contribution in [3.63, 3.8) is 0 Å². The molecular weight excluding hydrogens is 354 g/mol. The Kier molecular flexibility index (Phi) is 6.91. The second-order valence-corrected chi connectivity index (χ2v) is 8.70. The molecule has 1 aromatic carbocycles. The van der Waals surface area contributed by atoms with Crippen LogP contribution in [-0.2, 0) is 14.8 Å². The van der Waals surface area contributed by atoms with Gasteiger partial charge in [-0.15, -0.1) is 0 Å². The van der Waals surface area contributed by atoms with E-state index in [1.807, 2.05) is 11.8 Å². The van der Waals surface area contributed by atoms with Crippen LogP contribution in [0.15, 0.2) is 29.2 Å². The molecule has 144 valence electrons. The van der Waals surface area contributed by atoms with Crippen LogP contribution in [0.3, 0.4) is 0 Å². The monoisotopic (exact) mass is 381 g/mol. The summed E-state index contributed by atoms with van der Waals surface area (Å²) in [5, 5.41) is 3.24. The third-order valence-corrected chi connectivity index (χ3v) is 6.53. The zero-order valence-corrected chi connectivity index (χ0v) is 16.4. The summed E-state index contributed by atoms with van der Waals surface area (Å²) in [7, 11) is -2.12. The van der Waals surface area contributed by atoms with Gasteiger partial charge >= 0.3 is 0 Å². The first-order chi connectivity index (χ1) is 12.2. The highest BCUT2D eigenvalue weighted by atomic mass is 32.2. The molecule has 26 heavy (non-hydrogen) atoms. The molecule has 2 rings (SSSR count). The molecule has 1 heterocycles. The quantitative estimate of drug-likeness (QED) is 0.715. The van der Waals surface area contributed by atoms with Crippen LogP contribution < -0.4 is 5.32 Å². The van der Waals surface area contributed by atoms with Crippen LogP contribution in [0, 0.1) is 0 Å². The maximum absolute atomic E-state index is 12.6. The van der Waals surface area contributed by atoms with Crippen molar-refractivity contribution in [1.82, 2.24) is 14.5 Å². The first-order valence-corrected chi connectivity index (χ1v) is 10.2. The number of rotatable bonds is 7. The predicted octanol–water partition coefficient (Wildman–Crippen LogP) is 1.11. The molecular formula is C18H27N3O4S. The van der Waals surface area contributed by atoms with Gasteiger partial charge < -0.3 is 10.2 Å². The van der Waals surface area contributed by atoms with Gasteiger partial charge in [0.1, 0.15) is 0 Å². The molecule has 1 aromatic rings. The Labute approximate surface area is 155 Å². The minimum Gasteiger partial charge on any atom is -0.337 e. The molecule has 1 unspecified atom stereocenters. The second-order valence-electron chi connectivity index (χ2n) is 6.65. The third kappa shape index (κ3) is 4.90. The molecule has 0 radical (unpaired) electrons. The van der Waals surface area contributed by atoms with Crippen LogP contribution in [0.1, 0.15) is 37.0 Å². The summed E-state index contributed by atoms with van der Waals surface area (Å²) in [6, 6.07) is 6.07. The normalized spacial score (nSPS) is 18.2. The zero-order chi connectivity index (χ0) is 19.3. The van der Waals surface area contributed by atoms with Crippen molar-refractivity contribution in [3.05, 3.63) is 29.8 Å².